The average molecular weight is 574 g/mol. The van der Waals surface area contributed by atoms with E-state index in [0.717, 1.165) is 57.2 Å². The van der Waals surface area contributed by atoms with Crippen LogP contribution >= 0.6 is 21.6 Å². The lowest BCUT2D eigenvalue weighted by Gasteiger charge is -2.25. The van der Waals surface area contributed by atoms with Gasteiger partial charge in [0.05, 0.1) is 5.56 Å². The number of unbranched alkanes of at least 4 members (excludes halogenated alkanes) is 4. The first-order valence-corrected chi connectivity index (χ1v) is 16.8. The SMILES string of the molecule is CC/C=C\C/C=C\CCCC/C=C\C/C=C\CCCC(O)NCC(C)(C)SSCCNC(=O)c1cccnc1. The van der Waals surface area contributed by atoms with Crippen LogP contribution in [0.25, 0.3) is 0 Å². The lowest BCUT2D eigenvalue weighted by Crippen LogP contribution is -2.38. The van der Waals surface area contributed by atoms with Gasteiger partial charge in [0.25, 0.3) is 5.91 Å². The number of aliphatic hydroxyl groups excluding tert-OH is 1. The summed E-state index contributed by atoms with van der Waals surface area (Å²) in [5.41, 5.74) is 0.581. The van der Waals surface area contributed by atoms with Gasteiger partial charge in [0.15, 0.2) is 0 Å². The molecular formula is C32H51N3O2S2. The molecular weight excluding hydrogens is 523 g/mol. The van der Waals surface area contributed by atoms with E-state index < -0.39 is 6.23 Å². The van der Waals surface area contributed by atoms with Gasteiger partial charge in [0.2, 0.25) is 0 Å². The van der Waals surface area contributed by atoms with E-state index in [2.05, 4.69) is 85.0 Å². The second kappa shape index (κ2) is 24.0. The van der Waals surface area contributed by atoms with Gasteiger partial charge < -0.3 is 10.4 Å². The number of carbonyl (C=O) groups excluding carboxylic acids is 1. The van der Waals surface area contributed by atoms with E-state index in [4.69, 9.17) is 0 Å². The Morgan fingerprint density at radius 1 is 1.00 bits per heavy atom. The normalized spacial score (nSPS) is 13.3. The van der Waals surface area contributed by atoms with Crippen molar-refractivity contribution in [2.45, 2.75) is 96.0 Å². The van der Waals surface area contributed by atoms with Crippen molar-refractivity contribution in [3.05, 3.63) is 78.7 Å². The quantitative estimate of drug-likeness (QED) is 0.0533. The number of aliphatic hydroxyl groups is 1. The topological polar surface area (TPSA) is 74.2 Å². The van der Waals surface area contributed by atoms with E-state index in [0.29, 0.717) is 12.1 Å². The average Bonchev–Trinajstić information content (AvgIpc) is 2.93. The van der Waals surface area contributed by atoms with Crippen LogP contribution in [0, 0.1) is 0 Å². The van der Waals surface area contributed by atoms with Crippen molar-refractivity contribution in [3.63, 3.8) is 0 Å². The zero-order valence-corrected chi connectivity index (χ0v) is 26.0. The molecule has 218 valence electrons. The minimum Gasteiger partial charge on any atom is -0.379 e. The van der Waals surface area contributed by atoms with Crippen LogP contribution in [0.4, 0.5) is 0 Å². The molecule has 0 aliphatic carbocycles. The zero-order valence-electron chi connectivity index (χ0n) is 24.3. The standard InChI is InChI=1S/C32H51N3O2S2/c1-4-5-6-7-8-9-10-11-12-13-14-15-16-17-18-19-20-23-30(36)35-28-32(2,3)39-38-26-25-34-31(37)29-22-21-24-33-27-29/h5-6,8-9,14-15,17-18,21-22,24,27,30,35-36H,4,7,10-13,16,19-20,23,25-26,28H2,1-3H3,(H,34,37)/b6-5-,9-8-,15-14-,18-17-. The van der Waals surface area contributed by atoms with E-state index in [9.17, 15) is 9.90 Å². The van der Waals surface area contributed by atoms with Gasteiger partial charge >= 0.3 is 0 Å². The molecule has 1 aromatic rings. The van der Waals surface area contributed by atoms with Crippen molar-refractivity contribution < 1.29 is 9.90 Å². The highest BCUT2D eigenvalue weighted by molar-refractivity contribution is 8.77. The molecule has 1 unspecified atom stereocenters. The first kappa shape index (κ1) is 35.2. The summed E-state index contributed by atoms with van der Waals surface area (Å²) in [4.78, 5) is 16.0. The van der Waals surface area contributed by atoms with Crippen molar-refractivity contribution in [1.82, 2.24) is 15.6 Å². The summed E-state index contributed by atoms with van der Waals surface area (Å²) in [6.07, 6.45) is 31.5. The molecule has 0 fully saturated rings. The highest BCUT2D eigenvalue weighted by Gasteiger charge is 2.20. The summed E-state index contributed by atoms with van der Waals surface area (Å²) < 4.78 is -0.0201. The molecule has 7 heteroatoms. The van der Waals surface area contributed by atoms with Crippen molar-refractivity contribution in [3.8, 4) is 0 Å². The lowest BCUT2D eigenvalue weighted by atomic mass is 10.1. The van der Waals surface area contributed by atoms with Crippen LogP contribution in [0.5, 0.6) is 0 Å². The number of allylic oxidation sites excluding steroid dienone is 8. The second-order valence-electron chi connectivity index (χ2n) is 10.0. The highest BCUT2D eigenvalue weighted by atomic mass is 33.1. The maximum Gasteiger partial charge on any atom is 0.252 e. The van der Waals surface area contributed by atoms with Gasteiger partial charge in [-0.1, -0.05) is 77.1 Å². The minimum atomic E-state index is -0.482. The number of aromatic nitrogens is 1. The van der Waals surface area contributed by atoms with Crippen LogP contribution in [-0.4, -0.2) is 45.8 Å². The van der Waals surface area contributed by atoms with Crippen LogP contribution < -0.4 is 10.6 Å². The Morgan fingerprint density at radius 3 is 2.26 bits per heavy atom. The third-order valence-electron chi connectivity index (χ3n) is 5.73. The molecule has 1 atom stereocenters. The second-order valence-corrected chi connectivity index (χ2v) is 13.2. The number of carbonyl (C=O) groups is 1. The van der Waals surface area contributed by atoms with Gasteiger partial charge in [-0.25, -0.2) is 0 Å². The van der Waals surface area contributed by atoms with Crippen LogP contribution in [-0.2, 0) is 0 Å². The minimum absolute atomic E-state index is 0.0201. The van der Waals surface area contributed by atoms with E-state index in [1.54, 1.807) is 46.1 Å². The molecule has 1 amide bonds. The van der Waals surface area contributed by atoms with Crippen LogP contribution in [0.15, 0.2) is 73.1 Å². The molecule has 1 heterocycles. The van der Waals surface area contributed by atoms with Crippen molar-refractivity contribution in [2.75, 3.05) is 18.8 Å². The number of amides is 1. The summed E-state index contributed by atoms with van der Waals surface area (Å²) in [5.74, 6) is 0.726. The molecule has 0 saturated carbocycles. The maximum atomic E-state index is 12.0. The van der Waals surface area contributed by atoms with Gasteiger partial charge in [-0.2, -0.15) is 0 Å². The number of nitrogens with zero attached hydrogens (tertiary/aromatic N) is 1. The fourth-order valence-corrected chi connectivity index (χ4v) is 5.88. The molecule has 39 heavy (non-hydrogen) atoms. The van der Waals surface area contributed by atoms with Gasteiger partial charge in [-0.3, -0.25) is 15.1 Å². The van der Waals surface area contributed by atoms with E-state index in [1.807, 2.05) is 0 Å². The molecule has 1 aromatic heterocycles. The summed E-state index contributed by atoms with van der Waals surface area (Å²) >= 11 is 0. The third-order valence-corrected chi connectivity index (χ3v) is 9.02. The molecule has 0 aliphatic rings. The highest BCUT2D eigenvalue weighted by Crippen LogP contribution is 2.34. The molecule has 0 aromatic carbocycles. The Balaban J connectivity index is 1.98. The summed E-state index contributed by atoms with van der Waals surface area (Å²) in [6.45, 7) is 7.83. The molecule has 0 saturated heterocycles. The van der Waals surface area contributed by atoms with Crippen molar-refractivity contribution >= 4 is 27.5 Å². The first-order valence-electron chi connectivity index (χ1n) is 14.4. The lowest BCUT2D eigenvalue weighted by molar-refractivity contribution is 0.0955. The fraction of sp³-hybridized carbons (Fsp3) is 0.562. The number of pyridine rings is 1. The number of hydrogen-bond acceptors (Lipinski definition) is 6. The fourth-order valence-electron chi connectivity index (χ4n) is 3.52. The smallest absolute Gasteiger partial charge is 0.252 e. The Morgan fingerprint density at radius 2 is 1.64 bits per heavy atom. The molecule has 0 spiro atoms. The van der Waals surface area contributed by atoms with Crippen LogP contribution in [0.2, 0.25) is 0 Å². The van der Waals surface area contributed by atoms with E-state index in [-0.39, 0.29) is 10.7 Å². The van der Waals surface area contributed by atoms with Gasteiger partial charge in [0.1, 0.15) is 6.23 Å². The number of nitrogens with one attached hydrogen (secondary N) is 2. The molecule has 5 nitrogen and oxygen atoms in total. The van der Waals surface area contributed by atoms with Crippen molar-refractivity contribution in [2.24, 2.45) is 0 Å². The molecule has 0 radical (unpaired) electrons. The predicted molar refractivity (Wildman–Crippen MR) is 173 cm³/mol. The molecule has 0 bridgehead atoms. The van der Waals surface area contributed by atoms with Gasteiger partial charge in [-0.05, 0) is 90.2 Å². The third kappa shape index (κ3) is 21.7. The summed E-state index contributed by atoms with van der Waals surface area (Å²) in [6, 6.07) is 3.52. The van der Waals surface area contributed by atoms with E-state index >= 15 is 0 Å². The van der Waals surface area contributed by atoms with Crippen LogP contribution in [0.3, 0.4) is 0 Å². The van der Waals surface area contributed by atoms with E-state index in [1.165, 1.54) is 19.3 Å². The molecule has 0 aliphatic heterocycles. The predicted octanol–water partition coefficient (Wildman–Crippen LogP) is 8.03. The maximum absolute atomic E-state index is 12.0. The summed E-state index contributed by atoms with van der Waals surface area (Å²) in [5, 5.41) is 16.5. The van der Waals surface area contributed by atoms with Gasteiger partial charge in [0, 0.05) is 36.0 Å². The first-order chi connectivity index (χ1) is 18.9. The summed E-state index contributed by atoms with van der Waals surface area (Å²) in [7, 11) is 3.51. The monoisotopic (exact) mass is 573 g/mol. The number of hydrogen-bond donors (Lipinski definition) is 3. The number of rotatable bonds is 23. The van der Waals surface area contributed by atoms with Crippen molar-refractivity contribution in [1.29, 1.82) is 0 Å². The Hall–Kier alpha value is -1.80. The Kier molecular flexibility index (Phi) is 21.7. The molecule has 1 rings (SSSR count). The molecule has 3 N–H and O–H groups in total. The zero-order chi connectivity index (χ0) is 28.4. The Bertz CT molecular complexity index is 854. The van der Waals surface area contributed by atoms with Crippen LogP contribution in [0.1, 0.15) is 95.3 Å². The Labute approximate surface area is 245 Å². The van der Waals surface area contributed by atoms with Gasteiger partial charge in [-0.15, -0.1) is 0 Å². The largest absolute Gasteiger partial charge is 0.379 e.